The molecule has 1 aromatic rings. The molecule has 0 aliphatic rings. The second-order valence-corrected chi connectivity index (χ2v) is 3.87. The topological polar surface area (TPSA) is 38.3 Å². The maximum absolute atomic E-state index is 11.2. The van der Waals surface area contributed by atoms with E-state index in [-0.39, 0.29) is 6.09 Å². The Hall–Kier alpha value is -1.16. The summed E-state index contributed by atoms with van der Waals surface area (Å²) < 4.78 is 5.04. The van der Waals surface area contributed by atoms with Gasteiger partial charge in [0.1, 0.15) is 6.61 Å². The maximum atomic E-state index is 11.2. The van der Waals surface area contributed by atoms with Gasteiger partial charge in [-0.05, 0) is 24.2 Å². The van der Waals surface area contributed by atoms with Gasteiger partial charge in [-0.1, -0.05) is 30.3 Å². The second kappa shape index (κ2) is 8.05. The number of ether oxygens (including phenoxy) is 1. The molecule has 1 amide bonds. The molecule has 88 valence electrons. The molecule has 0 spiro atoms. The van der Waals surface area contributed by atoms with Gasteiger partial charge in [-0.2, -0.15) is 12.6 Å². The number of benzene rings is 1. The van der Waals surface area contributed by atoms with Crippen LogP contribution in [0.25, 0.3) is 0 Å². The number of carbonyl (C=O) groups excluding carboxylic acids is 1. The third kappa shape index (κ3) is 5.66. The summed E-state index contributed by atoms with van der Waals surface area (Å²) in [5.74, 6) is 0.848. The first-order valence-electron chi connectivity index (χ1n) is 5.38. The summed E-state index contributed by atoms with van der Waals surface area (Å²) in [4.78, 5) is 11.2. The zero-order valence-electron chi connectivity index (χ0n) is 9.19. The van der Waals surface area contributed by atoms with Crippen LogP contribution in [0.2, 0.25) is 0 Å². The number of amides is 1. The fraction of sp³-hybridized carbons (Fsp3) is 0.417. The predicted molar refractivity (Wildman–Crippen MR) is 67.7 cm³/mol. The molecule has 0 saturated carbocycles. The van der Waals surface area contributed by atoms with Gasteiger partial charge >= 0.3 is 6.09 Å². The molecule has 4 heteroatoms. The zero-order chi connectivity index (χ0) is 11.6. The van der Waals surface area contributed by atoms with E-state index in [0.29, 0.717) is 13.2 Å². The first-order chi connectivity index (χ1) is 7.83. The fourth-order valence-corrected chi connectivity index (χ4v) is 1.43. The van der Waals surface area contributed by atoms with Crippen LogP contribution in [0.1, 0.15) is 18.4 Å². The van der Waals surface area contributed by atoms with Gasteiger partial charge in [-0.15, -0.1) is 0 Å². The average Bonchev–Trinajstić information content (AvgIpc) is 2.33. The summed E-state index contributed by atoms with van der Waals surface area (Å²) in [6.45, 7) is 0.966. The fourth-order valence-electron chi connectivity index (χ4n) is 1.20. The van der Waals surface area contributed by atoms with Crippen LogP contribution < -0.4 is 5.32 Å². The van der Waals surface area contributed by atoms with Crippen LogP contribution in [0.4, 0.5) is 4.79 Å². The molecule has 0 aromatic heterocycles. The Morgan fingerprint density at radius 3 is 2.69 bits per heavy atom. The molecule has 16 heavy (non-hydrogen) atoms. The standard InChI is InChI=1S/C12H17NO2S/c14-12(13-8-4-5-9-16)15-10-11-6-2-1-3-7-11/h1-3,6-7,16H,4-5,8-10H2,(H,13,14). The van der Waals surface area contributed by atoms with Crippen LogP contribution in [0.5, 0.6) is 0 Å². The minimum absolute atomic E-state index is 0.319. The Morgan fingerprint density at radius 1 is 1.25 bits per heavy atom. The summed E-state index contributed by atoms with van der Waals surface area (Å²) in [5, 5.41) is 2.69. The Kier molecular flexibility index (Phi) is 6.49. The third-order valence-electron chi connectivity index (χ3n) is 2.07. The smallest absolute Gasteiger partial charge is 0.407 e. The van der Waals surface area contributed by atoms with Gasteiger partial charge in [0, 0.05) is 6.54 Å². The van der Waals surface area contributed by atoms with Crippen molar-refractivity contribution in [2.75, 3.05) is 12.3 Å². The van der Waals surface area contributed by atoms with Crippen molar-refractivity contribution >= 4 is 18.7 Å². The van der Waals surface area contributed by atoms with E-state index in [4.69, 9.17) is 4.74 Å². The molecule has 0 fully saturated rings. The highest BCUT2D eigenvalue weighted by molar-refractivity contribution is 7.80. The zero-order valence-corrected chi connectivity index (χ0v) is 10.1. The molecule has 0 saturated heterocycles. The van der Waals surface area contributed by atoms with Crippen molar-refractivity contribution < 1.29 is 9.53 Å². The number of alkyl carbamates (subject to hydrolysis) is 1. The van der Waals surface area contributed by atoms with E-state index >= 15 is 0 Å². The molecule has 0 bridgehead atoms. The molecule has 0 aliphatic carbocycles. The number of hydrogen-bond acceptors (Lipinski definition) is 3. The van der Waals surface area contributed by atoms with Crippen molar-refractivity contribution in [1.82, 2.24) is 5.32 Å². The summed E-state index contributed by atoms with van der Waals surface area (Å²) in [7, 11) is 0. The highest BCUT2D eigenvalue weighted by atomic mass is 32.1. The Bertz CT molecular complexity index is 303. The Labute approximate surface area is 102 Å². The SMILES string of the molecule is O=C(NCCCCS)OCc1ccccc1. The highest BCUT2D eigenvalue weighted by Crippen LogP contribution is 2.00. The lowest BCUT2D eigenvalue weighted by atomic mass is 10.2. The lowest BCUT2D eigenvalue weighted by Gasteiger charge is -2.06. The number of unbranched alkanes of at least 4 members (excludes halogenated alkanes) is 1. The summed E-state index contributed by atoms with van der Waals surface area (Å²) in [6.07, 6.45) is 1.58. The number of carbonyl (C=O) groups is 1. The molecule has 0 atom stereocenters. The van der Waals surface area contributed by atoms with Crippen molar-refractivity contribution in [2.24, 2.45) is 0 Å². The highest BCUT2D eigenvalue weighted by Gasteiger charge is 2.00. The van der Waals surface area contributed by atoms with Crippen molar-refractivity contribution in [1.29, 1.82) is 0 Å². The van der Waals surface area contributed by atoms with E-state index in [1.807, 2.05) is 30.3 Å². The maximum Gasteiger partial charge on any atom is 0.407 e. The van der Waals surface area contributed by atoms with Crippen molar-refractivity contribution in [2.45, 2.75) is 19.4 Å². The Morgan fingerprint density at radius 2 is 2.00 bits per heavy atom. The molecule has 1 aromatic carbocycles. The van der Waals surface area contributed by atoms with E-state index in [1.54, 1.807) is 0 Å². The average molecular weight is 239 g/mol. The van der Waals surface area contributed by atoms with Gasteiger partial charge < -0.3 is 10.1 Å². The molecule has 0 unspecified atom stereocenters. The lowest BCUT2D eigenvalue weighted by Crippen LogP contribution is -2.25. The van der Waals surface area contributed by atoms with Crippen LogP contribution in [0.3, 0.4) is 0 Å². The first-order valence-corrected chi connectivity index (χ1v) is 6.01. The molecule has 0 aliphatic heterocycles. The van der Waals surface area contributed by atoms with Gasteiger partial charge in [-0.3, -0.25) is 0 Å². The minimum atomic E-state index is -0.358. The van der Waals surface area contributed by atoms with Gasteiger partial charge in [0.2, 0.25) is 0 Å². The molecule has 1 rings (SSSR count). The van der Waals surface area contributed by atoms with E-state index in [0.717, 1.165) is 24.2 Å². The monoisotopic (exact) mass is 239 g/mol. The van der Waals surface area contributed by atoms with Gasteiger partial charge in [0.25, 0.3) is 0 Å². The van der Waals surface area contributed by atoms with Crippen molar-refractivity contribution in [3.05, 3.63) is 35.9 Å². The van der Waals surface area contributed by atoms with Gasteiger partial charge in [-0.25, -0.2) is 4.79 Å². The molecule has 3 nitrogen and oxygen atoms in total. The first kappa shape index (κ1) is 12.9. The summed E-state index contributed by atoms with van der Waals surface area (Å²) in [6, 6.07) is 9.62. The molecular weight excluding hydrogens is 222 g/mol. The van der Waals surface area contributed by atoms with Crippen molar-refractivity contribution in [3.8, 4) is 0 Å². The van der Waals surface area contributed by atoms with Crippen LogP contribution in [-0.2, 0) is 11.3 Å². The molecule has 1 N–H and O–H groups in total. The Balaban J connectivity index is 2.11. The summed E-state index contributed by atoms with van der Waals surface area (Å²) >= 11 is 4.09. The molecule has 0 heterocycles. The minimum Gasteiger partial charge on any atom is -0.445 e. The number of thiol groups is 1. The van der Waals surface area contributed by atoms with Gasteiger partial charge in [0.05, 0.1) is 0 Å². The number of nitrogens with one attached hydrogen (secondary N) is 1. The number of hydrogen-bond donors (Lipinski definition) is 2. The normalized spacial score (nSPS) is 9.81. The van der Waals surface area contributed by atoms with E-state index in [9.17, 15) is 4.79 Å². The number of rotatable bonds is 6. The van der Waals surface area contributed by atoms with Crippen LogP contribution in [0.15, 0.2) is 30.3 Å². The van der Waals surface area contributed by atoms with Crippen LogP contribution in [-0.4, -0.2) is 18.4 Å². The van der Waals surface area contributed by atoms with E-state index in [1.165, 1.54) is 0 Å². The van der Waals surface area contributed by atoms with Crippen molar-refractivity contribution in [3.63, 3.8) is 0 Å². The largest absolute Gasteiger partial charge is 0.445 e. The lowest BCUT2D eigenvalue weighted by molar-refractivity contribution is 0.139. The molecule has 0 radical (unpaired) electrons. The third-order valence-corrected chi connectivity index (χ3v) is 2.38. The van der Waals surface area contributed by atoms with Crippen LogP contribution >= 0.6 is 12.6 Å². The molecular formula is C12H17NO2S. The van der Waals surface area contributed by atoms with E-state index < -0.39 is 0 Å². The summed E-state index contributed by atoms with van der Waals surface area (Å²) in [5.41, 5.74) is 0.994. The van der Waals surface area contributed by atoms with Crippen LogP contribution in [0, 0.1) is 0 Å². The second-order valence-electron chi connectivity index (χ2n) is 3.42. The van der Waals surface area contributed by atoms with Gasteiger partial charge in [0.15, 0.2) is 0 Å². The van der Waals surface area contributed by atoms with E-state index in [2.05, 4.69) is 17.9 Å². The quantitative estimate of drug-likeness (QED) is 0.591. The predicted octanol–water partition coefficient (Wildman–Crippen LogP) is 2.62.